The molecule has 0 heterocycles. The van der Waals surface area contributed by atoms with E-state index in [0.29, 0.717) is 13.0 Å². The quantitative estimate of drug-likeness (QED) is 0.744. The summed E-state index contributed by atoms with van der Waals surface area (Å²) in [5.74, 6) is 0.614. The predicted molar refractivity (Wildman–Crippen MR) is 60.1 cm³/mol. The van der Waals surface area contributed by atoms with Crippen LogP contribution in [0.15, 0.2) is 24.3 Å². The van der Waals surface area contributed by atoms with Crippen LogP contribution in [0, 0.1) is 0 Å². The molecule has 1 atom stereocenters. The molecule has 3 N–H and O–H groups in total. The van der Waals surface area contributed by atoms with Gasteiger partial charge >= 0.3 is 5.97 Å². The van der Waals surface area contributed by atoms with Crippen LogP contribution in [-0.4, -0.2) is 26.7 Å². The maximum Gasteiger partial charge on any atom is 0.306 e. The molecule has 0 spiro atoms. The predicted octanol–water partition coefficient (Wildman–Crippen LogP) is 0.584. The molecule has 0 unspecified atom stereocenters. The Labute approximate surface area is 95.3 Å². The van der Waals surface area contributed by atoms with E-state index in [-0.39, 0.29) is 11.9 Å². The molecule has 1 aromatic carbocycles. The third kappa shape index (κ3) is 2.97. The van der Waals surface area contributed by atoms with E-state index in [0.717, 1.165) is 11.3 Å². The summed E-state index contributed by atoms with van der Waals surface area (Å²) >= 11 is 0. The van der Waals surface area contributed by atoms with Crippen molar-refractivity contribution >= 4 is 5.97 Å². The van der Waals surface area contributed by atoms with Crippen LogP contribution in [0.1, 0.15) is 17.9 Å². The molecule has 0 aliphatic heterocycles. The second-order valence-corrected chi connectivity index (χ2v) is 3.51. The van der Waals surface area contributed by atoms with Crippen molar-refractivity contribution in [2.75, 3.05) is 20.8 Å². The van der Waals surface area contributed by atoms with Crippen LogP contribution in [0.5, 0.6) is 5.75 Å². The highest BCUT2D eigenvalue weighted by atomic mass is 16.5. The Balaban J connectivity index is 2.89. The van der Waals surface area contributed by atoms with Crippen LogP contribution in [0.3, 0.4) is 0 Å². The first-order valence-electron chi connectivity index (χ1n) is 5.21. The number of methoxy groups -OCH3 is 2. The fourth-order valence-corrected chi connectivity index (χ4v) is 1.66. The maximum absolute atomic E-state index is 11.3. The second kappa shape index (κ2) is 6.12. The lowest BCUT2D eigenvalue weighted by Gasteiger charge is -2.15. The van der Waals surface area contributed by atoms with Crippen LogP contribution < -0.4 is 10.5 Å². The van der Waals surface area contributed by atoms with E-state index in [2.05, 4.69) is 10.5 Å². The van der Waals surface area contributed by atoms with Gasteiger partial charge in [-0.3, -0.25) is 4.79 Å². The number of carbonyl (C=O) groups excluding carboxylic acids is 1. The van der Waals surface area contributed by atoms with Gasteiger partial charge in [0.1, 0.15) is 5.75 Å². The first kappa shape index (κ1) is 12.5. The zero-order valence-corrected chi connectivity index (χ0v) is 9.73. The van der Waals surface area contributed by atoms with Crippen LogP contribution in [0.4, 0.5) is 0 Å². The number of carbonyl (C=O) groups is 1. The van der Waals surface area contributed by atoms with Gasteiger partial charge in [0.25, 0.3) is 0 Å². The van der Waals surface area contributed by atoms with Crippen molar-refractivity contribution in [3.05, 3.63) is 29.8 Å². The smallest absolute Gasteiger partial charge is 0.306 e. The van der Waals surface area contributed by atoms with Gasteiger partial charge in [0.15, 0.2) is 0 Å². The zero-order chi connectivity index (χ0) is 12.0. The van der Waals surface area contributed by atoms with Gasteiger partial charge in [-0.05, 0) is 6.07 Å². The molecular weight excluding hydrogens is 206 g/mol. The maximum atomic E-state index is 11.3. The molecular formula is C12H18NO3+. The number of hydrogen-bond donors (Lipinski definition) is 1. The van der Waals surface area contributed by atoms with Crippen LogP contribution in [0.25, 0.3) is 0 Å². The van der Waals surface area contributed by atoms with Crippen LogP contribution in [0.2, 0.25) is 0 Å². The molecule has 0 aromatic heterocycles. The molecule has 88 valence electrons. The van der Waals surface area contributed by atoms with Gasteiger partial charge in [0, 0.05) is 11.5 Å². The molecule has 0 fully saturated rings. The highest BCUT2D eigenvalue weighted by molar-refractivity contribution is 5.70. The van der Waals surface area contributed by atoms with E-state index in [9.17, 15) is 4.79 Å². The van der Waals surface area contributed by atoms with E-state index in [1.54, 1.807) is 7.11 Å². The summed E-state index contributed by atoms with van der Waals surface area (Å²) in [4.78, 5) is 11.3. The molecule has 0 aliphatic carbocycles. The van der Waals surface area contributed by atoms with Crippen molar-refractivity contribution < 1.29 is 20.0 Å². The average Bonchev–Trinajstić information content (AvgIpc) is 2.35. The van der Waals surface area contributed by atoms with Gasteiger partial charge in [-0.25, -0.2) is 0 Å². The Morgan fingerprint density at radius 3 is 2.62 bits per heavy atom. The Morgan fingerprint density at radius 2 is 2.06 bits per heavy atom. The third-order valence-electron chi connectivity index (χ3n) is 2.57. The lowest BCUT2D eigenvalue weighted by molar-refractivity contribution is -0.372. The van der Waals surface area contributed by atoms with E-state index < -0.39 is 0 Å². The first-order valence-corrected chi connectivity index (χ1v) is 5.21. The minimum Gasteiger partial charge on any atom is -0.496 e. The SMILES string of the molecule is COC(=O)C[C@H](C[NH3+])c1ccccc1OC. The topological polar surface area (TPSA) is 63.2 Å². The van der Waals surface area contributed by atoms with E-state index in [1.807, 2.05) is 24.3 Å². The van der Waals surface area contributed by atoms with Crippen molar-refractivity contribution in [1.82, 2.24) is 0 Å². The lowest BCUT2D eigenvalue weighted by Crippen LogP contribution is -2.53. The van der Waals surface area contributed by atoms with Gasteiger partial charge in [0.05, 0.1) is 27.2 Å². The highest BCUT2D eigenvalue weighted by Crippen LogP contribution is 2.27. The summed E-state index contributed by atoms with van der Waals surface area (Å²) in [6.45, 7) is 0.634. The minimum absolute atomic E-state index is 0.0450. The monoisotopic (exact) mass is 224 g/mol. The molecule has 1 rings (SSSR count). The van der Waals surface area contributed by atoms with Crippen molar-refractivity contribution in [3.8, 4) is 5.75 Å². The van der Waals surface area contributed by atoms with Gasteiger partial charge in [0.2, 0.25) is 0 Å². The Hall–Kier alpha value is -1.55. The molecule has 0 saturated heterocycles. The van der Waals surface area contributed by atoms with E-state index >= 15 is 0 Å². The van der Waals surface area contributed by atoms with Crippen molar-refractivity contribution in [1.29, 1.82) is 0 Å². The van der Waals surface area contributed by atoms with Crippen LogP contribution >= 0.6 is 0 Å². The number of benzene rings is 1. The average molecular weight is 224 g/mol. The van der Waals surface area contributed by atoms with E-state index in [4.69, 9.17) is 4.74 Å². The van der Waals surface area contributed by atoms with Gasteiger partial charge in [-0.1, -0.05) is 18.2 Å². The Bertz CT molecular complexity index is 352. The number of rotatable bonds is 5. The normalized spacial score (nSPS) is 11.9. The molecule has 0 amide bonds. The third-order valence-corrected chi connectivity index (χ3v) is 2.57. The number of esters is 1. The molecule has 0 saturated carbocycles. The Morgan fingerprint density at radius 1 is 1.38 bits per heavy atom. The fraction of sp³-hybridized carbons (Fsp3) is 0.417. The largest absolute Gasteiger partial charge is 0.496 e. The number of quaternary nitrogens is 1. The molecule has 16 heavy (non-hydrogen) atoms. The van der Waals surface area contributed by atoms with E-state index in [1.165, 1.54) is 7.11 Å². The standard InChI is InChI=1S/C12H17NO3/c1-15-11-6-4-3-5-10(11)9(8-13)7-12(14)16-2/h3-6,9H,7-8,13H2,1-2H3/p+1/t9-/m1/s1. The second-order valence-electron chi connectivity index (χ2n) is 3.51. The molecule has 4 nitrogen and oxygen atoms in total. The van der Waals surface area contributed by atoms with Crippen molar-refractivity contribution in [2.45, 2.75) is 12.3 Å². The Kier molecular flexibility index (Phi) is 4.79. The van der Waals surface area contributed by atoms with Gasteiger partial charge in [-0.15, -0.1) is 0 Å². The number of ether oxygens (including phenoxy) is 2. The molecule has 0 radical (unpaired) electrons. The summed E-state index contributed by atoms with van der Waals surface area (Å²) < 4.78 is 9.93. The summed E-state index contributed by atoms with van der Waals surface area (Å²) in [5, 5.41) is 0. The first-order chi connectivity index (χ1) is 7.72. The van der Waals surface area contributed by atoms with Gasteiger partial charge < -0.3 is 15.2 Å². The minimum atomic E-state index is -0.223. The fourth-order valence-electron chi connectivity index (χ4n) is 1.66. The van der Waals surface area contributed by atoms with Crippen molar-refractivity contribution in [3.63, 3.8) is 0 Å². The van der Waals surface area contributed by atoms with Crippen molar-refractivity contribution in [2.24, 2.45) is 0 Å². The zero-order valence-electron chi connectivity index (χ0n) is 9.73. The summed E-state index contributed by atoms with van der Waals surface area (Å²) in [6.07, 6.45) is 0.334. The molecule has 1 aromatic rings. The molecule has 0 aliphatic rings. The lowest BCUT2D eigenvalue weighted by atomic mass is 9.95. The summed E-state index contributed by atoms with van der Waals surface area (Å²) in [7, 11) is 3.02. The highest BCUT2D eigenvalue weighted by Gasteiger charge is 2.19. The summed E-state index contributed by atoms with van der Waals surface area (Å²) in [6, 6.07) is 7.67. The molecule has 4 heteroatoms. The van der Waals surface area contributed by atoms with Crippen LogP contribution in [-0.2, 0) is 9.53 Å². The van der Waals surface area contributed by atoms with Gasteiger partial charge in [-0.2, -0.15) is 0 Å². The number of hydrogen-bond acceptors (Lipinski definition) is 3. The summed E-state index contributed by atoms with van der Waals surface area (Å²) in [5.41, 5.74) is 4.87. The molecule has 0 bridgehead atoms. The number of para-hydroxylation sites is 1.